The molecule has 21 heavy (non-hydrogen) atoms. The van der Waals surface area contributed by atoms with Gasteiger partial charge in [-0.2, -0.15) is 0 Å². The second-order valence-corrected chi connectivity index (χ2v) is 5.93. The Balaban J connectivity index is 1.42. The van der Waals surface area contributed by atoms with Crippen molar-refractivity contribution in [1.82, 2.24) is 14.7 Å². The van der Waals surface area contributed by atoms with Crippen LogP contribution in [0.5, 0.6) is 0 Å². The summed E-state index contributed by atoms with van der Waals surface area (Å²) in [5, 5.41) is 0. The summed E-state index contributed by atoms with van der Waals surface area (Å²) in [5.41, 5.74) is 7.87. The van der Waals surface area contributed by atoms with Crippen LogP contribution in [-0.4, -0.2) is 67.7 Å². The van der Waals surface area contributed by atoms with Crippen LogP contribution in [0.3, 0.4) is 0 Å². The molecule has 0 unspecified atom stereocenters. The molecular formula is C16H25N5. The molecule has 0 spiro atoms. The summed E-state index contributed by atoms with van der Waals surface area (Å²) in [5.74, 6) is 0. The van der Waals surface area contributed by atoms with Gasteiger partial charge in [-0.3, -0.25) is 4.90 Å². The molecule has 5 nitrogen and oxygen atoms in total. The van der Waals surface area contributed by atoms with Gasteiger partial charge in [0.25, 0.3) is 0 Å². The van der Waals surface area contributed by atoms with Crippen molar-refractivity contribution in [2.24, 2.45) is 0 Å². The largest absolute Gasteiger partial charge is 0.399 e. The van der Waals surface area contributed by atoms with E-state index in [1.807, 2.05) is 12.1 Å². The lowest BCUT2D eigenvalue weighted by atomic mass is 10.2. The Labute approximate surface area is 127 Å². The topological polar surface area (TPSA) is 39.0 Å². The summed E-state index contributed by atoms with van der Waals surface area (Å²) in [7, 11) is 2.11. The summed E-state index contributed by atoms with van der Waals surface area (Å²) >= 11 is 0. The number of hydrogen-bond acceptors (Lipinski definition) is 5. The van der Waals surface area contributed by atoms with Crippen LogP contribution in [0.1, 0.15) is 0 Å². The molecule has 0 aliphatic carbocycles. The Morgan fingerprint density at radius 2 is 1.67 bits per heavy atom. The lowest BCUT2D eigenvalue weighted by Gasteiger charge is -2.36. The van der Waals surface area contributed by atoms with Crippen LogP contribution >= 0.6 is 0 Å². The van der Waals surface area contributed by atoms with E-state index < -0.39 is 0 Å². The maximum Gasteiger partial charge on any atom is 0.0891 e. The molecule has 1 saturated heterocycles. The minimum Gasteiger partial charge on any atom is -0.399 e. The van der Waals surface area contributed by atoms with Gasteiger partial charge in [0.15, 0.2) is 0 Å². The number of benzene rings is 1. The van der Waals surface area contributed by atoms with E-state index in [2.05, 4.69) is 51.2 Å². The van der Waals surface area contributed by atoms with Crippen LogP contribution in [0, 0.1) is 0 Å². The van der Waals surface area contributed by atoms with E-state index in [0.717, 1.165) is 51.6 Å². The van der Waals surface area contributed by atoms with E-state index in [1.54, 1.807) is 0 Å². The second kappa shape index (κ2) is 6.26. The Hall–Kier alpha value is -1.88. The van der Waals surface area contributed by atoms with Crippen molar-refractivity contribution in [2.75, 3.05) is 63.6 Å². The molecule has 2 heterocycles. The van der Waals surface area contributed by atoms with Gasteiger partial charge in [-0.1, -0.05) is 0 Å². The minimum atomic E-state index is 0.834. The zero-order valence-corrected chi connectivity index (χ0v) is 12.8. The number of piperazine rings is 1. The van der Waals surface area contributed by atoms with Crippen LogP contribution in [0.15, 0.2) is 36.7 Å². The summed E-state index contributed by atoms with van der Waals surface area (Å²) in [4.78, 5) is 9.57. The molecule has 1 fully saturated rings. The number of nitrogen functional groups attached to an aromatic ring is 1. The lowest BCUT2D eigenvalue weighted by molar-refractivity contribution is 0.212. The first-order valence-electron chi connectivity index (χ1n) is 7.66. The van der Waals surface area contributed by atoms with Crippen LogP contribution < -0.4 is 10.6 Å². The van der Waals surface area contributed by atoms with E-state index in [4.69, 9.17) is 5.73 Å². The maximum atomic E-state index is 5.75. The molecule has 2 aliphatic heterocycles. The van der Waals surface area contributed by atoms with Crippen molar-refractivity contribution < 1.29 is 0 Å². The normalized spacial score (nSPS) is 19.6. The molecule has 1 aromatic rings. The number of rotatable bonds is 4. The van der Waals surface area contributed by atoms with Crippen molar-refractivity contribution in [2.45, 2.75) is 0 Å². The molecule has 2 aliphatic rings. The molecule has 2 N–H and O–H groups in total. The van der Waals surface area contributed by atoms with Gasteiger partial charge in [-0.15, -0.1) is 0 Å². The van der Waals surface area contributed by atoms with E-state index in [9.17, 15) is 0 Å². The van der Waals surface area contributed by atoms with Crippen LogP contribution in [0.4, 0.5) is 11.4 Å². The van der Waals surface area contributed by atoms with Gasteiger partial charge in [0.1, 0.15) is 0 Å². The third kappa shape index (κ3) is 3.61. The van der Waals surface area contributed by atoms with E-state index in [0.29, 0.717) is 0 Å². The number of nitrogens with zero attached hydrogens (tertiary/aromatic N) is 4. The Kier molecular flexibility index (Phi) is 4.20. The smallest absolute Gasteiger partial charge is 0.0891 e. The molecule has 0 atom stereocenters. The molecule has 3 rings (SSSR count). The third-order valence-corrected chi connectivity index (χ3v) is 4.27. The van der Waals surface area contributed by atoms with Gasteiger partial charge in [-0.05, 0) is 24.3 Å². The van der Waals surface area contributed by atoms with Crippen molar-refractivity contribution >= 4 is 11.4 Å². The first-order valence-corrected chi connectivity index (χ1v) is 7.66. The Morgan fingerprint density at radius 1 is 0.952 bits per heavy atom. The van der Waals surface area contributed by atoms with Crippen LogP contribution in [0.25, 0.3) is 0 Å². The fraction of sp³-hybridized carbons (Fsp3) is 0.500. The number of nitrogens with two attached hydrogens (primary N) is 1. The molecule has 0 saturated carbocycles. The average molecular weight is 287 g/mol. The summed E-state index contributed by atoms with van der Waals surface area (Å²) in [6, 6.07) is 8.21. The molecule has 0 bridgehead atoms. The summed E-state index contributed by atoms with van der Waals surface area (Å²) in [6.45, 7) is 7.75. The monoisotopic (exact) mass is 287 g/mol. The van der Waals surface area contributed by atoms with Crippen molar-refractivity contribution in [3.63, 3.8) is 0 Å². The molecular weight excluding hydrogens is 262 g/mol. The molecule has 0 aromatic heterocycles. The highest BCUT2D eigenvalue weighted by molar-refractivity contribution is 5.53. The van der Waals surface area contributed by atoms with E-state index >= 15 is 0 Å². The molecule has 0 radical (unpaired) electrons. The highest BCUT2D eigenvalue weighted by Gasteiger charge is 2.18. The van der Waals surface area contributed by atoms with Gasteiger partial charge >= 0.3 is 0 Å². The van der Waals surface area contributed by atoms with Crippen molar-refractivity contribution in [3.05, 3.63) is 36.7 Å². The SMILES string of the molecule is CN1C=CN(CCN2CCN(c3ccc(N)cc3)CC2)C1. The predicted molar refractivity (Wildman–Crippen MR) is 88.0 cm³/mol. The standard InChI is InChI=1S/C16H25N5/c1-18-6-7-20(14-18)9-8-19-10-12-21(13-11-19)16-4-2-15(17)3-5-16/h2-7H,8-14,17H2,1H3. The Bertz CT molecular complexity index is 476. The fourth-order valence-electron chi connectivity index (χ4n) is 2.92. The predicted octanol–water partition coefficient (Wildman–Crippen LogP) is 1.07. The molecule has 114 valence electrons. The van der Waals surface area contributed by atoms with Crippen LogP contribution in [-0.2, 0) is 0 Å². The third-order valence-electron chi connectivity index (χ3n) is 4.27. The quantitative estimate of drug-likeness (QED) is 0.839. The minimum absolute atomic E-state index is 0.834. The lowest BCUT2D eigenvalue weighted by Crippen LogP contribution is -2.48. The van der Waals surface area contributed by atoms with E-state index in [-0.39, 0.29) is 0 Å². The first kappa shape index (κ1) is 14.1. The van der Waals surface area contributed by atoms with Gasteiger partial charge in [0, 0.05) is 70.1 Å². The highest BCUT2D eigenvalue weighted by atomic mass is 15.3. The maximum absolute atomic E-state index is 5.75. The molecule has 1 aromatic carbocycles. The van der Waals surface area contributed by atoms with Crippen molar-refractivity contribution in [1.29, 1.82) is 0 Å². The number of anilines is 2. The van der Waals surface area contributed by atoms with E-state index in [1.165, 1.54) is 5.69 Å². The van der Waals surface area contributed by atoms with Gasteiger partial charge < -0.3 is 20.4 Å². The fourth-order valence-corrected chi connectivity index (χ4v) is 2.92. The number of hydrogen-bond donors (Lipinski definition) is 1. The second-order valence-electron chi connectivity index (χ2n) is 5.93. The summed E-state index contributed by atoms with van der Waals surface area (Å²) in [6.07, 6.45) is 4.32. The average Bonchev–Trinajstić information content (AvgIpc) is 2.92. The zero-order valence-electron chi connectivity index (χ0n) is 12.8. The van der Waals surface area contributed by atoms with Crippen LogP contribution in [0.2, 0.25) is 0 Å². The van der Waals surface area contributed by atoms with Gasteiger partial charge in [-0.25, -0.2) is 0 Å². The molecule has 5 heteroatoms. The first-order chi connectivity index (χ1) is 10.2. The van der Waals surface area contributed by atoms with Gasteiger partial charge in [0.2, 0.25) is 0 Å². The van der Waals surface area contributed by atoms with Crippen molar-refractivity contribution in [3.8, 4) is 0 Å². The zero-order chi connectivity index (χ0) is 14.7. The van der Waals surface area contributed by atoms with Gasteiger partial charge in [0.05, 0.1) is 6.67 Å². The molecule has 0 amide bonds. The highest BCUT2D eigenvalue weighted by Crippen LogP contribution is 2.18. The Morgan fingerprint density at radius 3 is 2.29 bits per heavy atom. The summed E-state index contributed by atoms with van der Waals surface area (Å²) < 4.78 is 0.